The maximum Gasteiger partial charge on any atom is 0.356 e. The molecule has 1 aliphatic rings. The van der Waals surface area contributed by atoms with E-state index in [9.17, 15) is 0 Å². The molecule has 5 rings (SSSR count). The average Bonchev–Trinajstić information content (AvgIpc) is 2.91. The first-order valence-electron chi connectivity index (χ1n) is 12.5. The highest BCUT2D eigenvalue weighted by Gasteiger charge is 2.33. The van der Waals surface area contributed by atoms with Gasteiger partial charge in [-0.15, -0.1) is 0 Å². The van der Waals surface area contributed by atoms with Crippen molar-refractivity contribution in [3.8, 4) is 17.2 Å². The number of nitrogens with zero attached hydrogens (tertiary/aromatic N) is 2. The van der Waals surface area contributed by atoms with Gasteiger partial charge in [0.25, 0.3) is 0 Å². The molecule has 0 unspecified atom stereocenters. The summed E-state index contributed by atoms with van der Waals surface area (Å²) in [5.41, 5.74) is 6.07. The van der Waals surface area contributed by atoms with Crippen molar-refractivity contribution in [3.63, 3.8) is 0 Å². The van der Waals surface area contributed by atoms with Gasteiger partial charge in [-0.25, -0.2) is 4.57 Å². The minimum absolute atomic E-state index is 0.289. The van der Waals surface area contributed by atoms with E-state index in [-0.39, 0.29) is 6.85 Å². The molecule has 4 aromatic rings. The fourth-order valence-corrected chi connectivity index (χ4v) is 4.65. The second-order valence-electron chi connectivity index (χ2n) is 9.14. The van der Waals surface area contributed by atoms with Crippen LogP contribution in [0.25, 0.3) is 5.57 Å². The first kappa shape index (κ1) is 24.3. The number of fused-ring (bicyclic) bond motifs is 2. The van der Waals surface area contributed by atoms with Gasteiger partial charge in [0.05, 0.1) is 0 Å². The number of rotatable bonds is 5. The molecule has 0 fully saturated rings. The van der Waals surface area contributed by atoms with Crippen LogP contribution >= 0.6 is 0 Å². The second-order valence-corrected chi connectivity index (χ2v) is 9.14. The predicted molar refractivity (Wildman–Crippen MR) is 152 cm³/mol. The van der Waals surface area contributed by atoms with Gasteiger partial charge in [-0.3, -0.25) is 4.90 Å². The third-order valence-electron chi connectivity index (χ3n) is 6.53. The quantitative estimate of drug-likeness (QED) is 0.122. The lowest BCUT2D eigenvalue weighted by atomic mass is 9.50. The number of hydrogen-bond donors (Lipinski definition) is 0. The van der Waals surface area contributed by atoms with Crippen LogP contribution in [0.3, 0.4) is 0 Å². The first-order valence-corrected chi connectivity index (χ1v) is 12.5. The van der Waals surface area contributed by atoms with Gasteiger partial charge < -0.3 is 9.47 Å². The van der Waals surface area contributed by atoms with Crippen molar-refractivity contribution in [1.82, 2.24) is 0 Å². The van der Waals surface area contributed by atoms with E-state index in [1.165, 1.54) is 0 Å². The Morgan fingerprint density at radius 2 is 1.49 bits per heavy atom. The largest absolute Gasteiger partial charge is 0.458 e. The van der Waals surface area contributed by atoms with Crippen LogP contribution in [0, 0.1) is 6.92 Å². The summed E-state index contributed by atoms with van der Waals surface area (Å²) in [7, 11) is 2.04. The zero-order valence-corrected chi connectivity index (χ0v) is 21.7. The standard InChI is InChI=1S/C32H30BN2O2/c1-5-14-24(3)31(27-18-12-13-22-35(27)4)32(37-28-19-9-6-15-23(28)2)34-33-25-16-7-10-20-29(25)36-30-21-11-8-17-26(30)33/h5-22H,1-4H3/q+1/b14-5-,31-24-,34-32-. The molecule has 0 N–H and O–H groups in total. The molecule has 0 saturated carbocycles. The maximum absolute atomic E-state index is 6.72. The summed E-state index contributed by atoms with van der Waals surface area (Å²) in [4.78, 5) is 5.39. The molecule has 2 heterocycles. The Morgan fingerprint density at radius 1 is 0.865 bits per heavy atom. The maximum atomic E-state index is 6.72. The first-order chi connectivity index (χ1) is 18.1. The zero-order chi connectivity index (χ0) is 25.8. The van der Waals surface area contributed by atoms with Gasteiger partial charge in [-0.05, 0) is 67.1 Å². The number of ether oxygens (including phenoxy) is 2. The summed E-state index contributed by atoms with van der Waals surface area (Å²) in [5, 5.41) is 0. The van der Waals surface area contributed by atoms with Crippen molar-refractivity contribution in [2.75, 3.05) is 0 Å². The van der Waals surface area contributed by atoms with E-state index in [0.717, 1.165) is 50.6 Å². The minimum Gasteiger partial charge on any atom is -0.458 e. The third kappa shape index (κ3) is 4.98. The highest BCUT2D eigenvalue weighted by Crippen LogP contribution is 2.27. The molecule has 182 valence electrons. The lowest BCUT2D eigenvalue weighted by Crippen LogP contribution is -2.46. The molecule has 0 aliphatic carbocycles. The number of pyridine rings is 1. The van der Waals surface area contributed by atoms with E-state index in [1.807, 2.05) is 93.0 Å². The van der Waals surface area contributed by atoms with E-state index in [2.05, 4.69) is 48.8 Å². The number of hydrogen-bond acceptors (Lipinski definition) is 3. The molecule has 0 radical (unpaired) electrons. The second kappa shape index (κ2) is 10.7. The average molecular weight is 485 g/mol. The normalized spacial score (nSPS) is 13.5. The third-order valence-corrected chi connectivity index (χ3v) is 6.53. The molecule has 4 nitrogen and oxygen atoms in total. The Labute approximate surface area is 219 Å². The molecule has 0 atom stereocenters. The lowest BCUT2D eigenvalue weighted by Gasteiger charge is -2.24. The van der Waals surface area contributed by atoms with Crippen LogP contribution in [0.1, 0.15) is 25.1 Å². The summed E-state index contributed by atoms with van der Waals surface area (Å²) in [5.74, 6) is 2.96. The fraction of sp³-hybridized carbons (Fsp3) is 0.125. The van der Waals surface area contributed by atoms with Gasteiger partial charge in [0, 0.05) is 12.1 Å². The van der Waals surface area contributed by atoms with Gasteiger partial charge in [-0.2, -0.15) is 0 Å². The molecular formula is C32H30BN2O2+. The number of aryl methyl sites for hydroxylation is 2. The topological polar surface area (TPSA) is 34.7 Å². The van der Waals surface area contributed by atoms with E-state index in [1.54, 1.807) is 0 Å². The Hall–Kier alpha value is -4.38. The van der Waals surface area contributed by atoms with Crippen molar-refractivity contribution in [2.24, 2.45) is 12.0 Å². The van der Waals surface area contributed by atoms with Crippen LogP contribution in [0.4, 0.5) is 0 Å². The van der Waals surface area contributed by atoms with Crippen molar-refractivity contribution >= 4 is 29.2 Å². The monoisotopic (exact) mass is 485 g/mol. The molecule has 1 aromatic heterocycles. The fourth-order valence-electron chi connectivity index (χ4n) is 4.65. The molecule has 0 spiro atoms. The van der Waals surface area contributed by atoms with Gasteiger partial charge >= 0.3 is 6.85 Å². The molecule has 0 amide bonds. The number of allylic oxidation sites excluding steroid dienone is 3. The SMILES string of the molecule is C\C=C/C(C)=C(\C(=N\B1c2ccccc2Oc2ccccc21)Oc1ccccc1C)c1cccc[n+]1C. The smallest absolute Gasteiger partial charge is 0.356 e. The van der Waals surface area contributed by atoms with E-state index >= 15 is 0 Å². The number of aromatic nitrogens is 1. The molecular weight excluding hydrogens is 455 g/mol. The van der Waals surface area contributed by atoms with Crippen LogP contribution in [0.2, 0.25) is 0 Å². The zero-order valence-electron chi connectivity index (χ0n) is 21.7. The Kier molecular flexibility index (Phi) is 7.04. The van der Waals surface area contributed by atoms with Crippen LogP contribution in [0.5, 0.6) is 17.2 Å². The Balaban J connectivity index is 1.78. The Bertz CT molecular complexity index is 1490. The van der Waals surface area contributed by atoms with Crippen LogP contribution in [-0.2, 0) is 7.05 Å². The Morgan fingerprint density at radius 3 is 2.14 bits per heavy atom. The van der Waals surface area contributed by atoms with Crippen LogP contribution < -0.4 is 25.0 Å². The van der Waals surface area contributed by atoms with Crippen LogP contribution in [-0.4, -0.2) is 12.7 Å². The molecule has 0 bridgehead atoms. The summed E-state index contributed by atoms with van der Waals surface area (Å²) in [6.45, 7) is 5.89. The predicted octanol–water partition coefficient (Wildman–Crippen LogP) is 5.56. The highest BCUT2D eigenvalue weighted by molar-refractivity contribution is 6.86. The van der Waals surface area contributed by atoms with Gasteiger partial charge in [0.2, 0.25) is 11.6 Å². The number of para-hydroxylation sites is 3. The highest BCUT2D eigenvalue weighted by atomic mass is 16.5. The molecule has 0 saturated heterocycles. The molecule has 37 heavy (non-hydrogen) atoms. The van der Waals surface area contributed by atoms with Gasteiger partial charge in [0.15, 0.2) is 6.20 Å². The van der Waals surface area contributed by atoms with Crippen molar-refractivity contribution < 1.29 is 14.0 Å². The summed E-state index contributed by atoms with van der Waals surface area (Å²) < 4.78 is 15.1. The van der Waals surface area contributed by atoms with E-state index in [4.69, 9.17) is 14.4 Å². The van der Waals surface area contributed by atoms with Crippen LogP contribution in [0.15, 0.2) is 120 Å². The summed E-state index contributed by atoms with van der Waals surface area (Å²) in [6, 6.07) is 30.4. The summed E-state index contributed by atoms with van der Waals surface area (Å²) in [6.07, 6.45) is 6.19. The van der Waals surface area contributed by atoms with Crippen molar-refractivity contribution in [2.45, 2.75) is 20.8 Å². The van der Waals surface area contributed by atoms with Crippen molar-refractivity contribution in [3.05, 3.63) is 126 Å². The summed E-state index contributed by atoms with van der Waals surface area (Å²) >= 11 is 0. The lowest BCUT2D eigenvalue weighted by molar-refractivity contribution is -0.673. The molecule has 5 heteroatoms. The van der Waals surface area contributed by atoms with Crippen molar-refractivity contribution in [1.29, 1.82) is 0 Å². The number of benzene rings is 3. The van der Waals surface area contributed by atoms with E-state index < -0.39 is 0 Å². The van der Waals surface area contributed by atoms with Gasteiger partial charge in [-0.1, -0.05) is 66.7 Å². The molecule has 3 aromatic carbocycles. The molecule has 1 aliphatic heterocycles. The van der Waals surface area contributed by atoms with Gasteiger partial charge in [0.1, 0.15) is 29.9 Å². The van der Waals surface area contributed by atoms with E-state index in [0.29, 0.717) is 5.90 Å². The minimum atomic E-state index is -0.289.